The molecule has 0 aliphatic carbocycles. The van der Waals surface area contributed by atoms with Gasteiger partial charge < -0.3 is 40.5 Å². The number of imidazole rings is 4. The van der Waals surface area contributed by atoms with E-state index in [1.807, 2.05) is 48.3 Å². The van der Waals surface area contributed by atoms with Crippen LogP contribution in [-0.2, 0) is 0 Å². The molecular formula is C34H49N19O2. The summed E-state index contributed by atoms with van der Waals surface area (Å²) in [5.41, 5.74) is 21.2. The molecule has 8 aromatic rings. The summed E-state index contributed by atoms with van der Waals surface area (Å²) in [6.45, 7) is 18.1. The van der Waals surface area contributed by atoms with Crippen molar-refractivity contribution in [3.05, 3.63) is 64.5 Å². The maximum absolute atomic E-state index is 11.4. The van der Waals surface area contributed by atoms with Gasteiger partial charge in [0, 0.05) is 24.2 Å². The minimum Gasteiger partial charge on any atom is -0.382 e. The fourth-order valence-electron chi connectivity index (χ4n) is 5.24. The summed E-state index contributed by atoms with van der Waals surface area (Å²) in [7, 11) is 0. The molecule has 0 unspecified atom stereocenters. The lowest BCUT2D eigenvalue weighted by molar-refractivity contribution is 0.612. The number of nitrogens with two attached hydrogens (primary N) is 3. The average Bonchev–Trinajstić information content (AvgIpc) is 3.90. The zero-order valence-electron chi connectivity index (χ0n) is 31.6. The van der Waals surface area contributed by atoms with Crippen molar-refractivity contribution < 1.29 is 0 Å². The highest BCUT2D eigenvalue weighted by molar-refractivity contribution is 5.82. The second kappa shape index (κ2) is 16.9. The van der Waals surface area contributed by atoms with Gasteiger partial charge in [0.2, 0.25) is 5.95 Å². The van der Waals surface area contributed by atoms with Crippen LogP contribution in [0.1, 0.15) is 92.8 Å². The number of H-pyrrole nitrogens is 2. The summed E-state index contributed by atoms with van der Waals surface area (Å²) in [6.07, 6.45) is 9.57. The van der Waals surface area contributed by atoms with E-state index in [1.54, 1.807) is 29.9 Å². The standard InChI is InChI=1S/C9H13N5.C8H11N5O.C8H11N5.C8H10N4O.CH4/c1-5(2)14-4-11-7-8(10)12-6(3)13-9(7)14;1-4(2)13-3-10-5-6(13)11-8(9)12-7(5)14;1-5(2)13-4-12-6-7(9)10-3-11-8(6)13;1-5(2)12-4-11-6-7(12)9-3-10-8(6)13;/h4-5H,1-3H3,(H2,10,12,13);3-4H,1-2H3,(H3,9,11,12,14);3-5H,1-2H3,(H2,9,10,11);3-5H,1-2H3,(H,9,10,13);1H4. The lowest BCUT2D eigenvalue weighted by Gasteiger charge is -2.07. The number of nitrogen functional groups attached to an aromatic ring is 3. The first-order valence-electron chi connectivity index (χ1n) is 17.1. The summed E-state index contributed by atoms with van der Waals surface area (Å²) >= 11 is 0. The van der Waals surface area contributed by atoms with Crippen LogP contribution in [0, 0.1) is 6.92 Å². The predicted molar refractivity (Wildman–Crippen MR) is 213 cm³/mol. The Bertz CT molecular complexity index is 2640. The molecule has 21 nitrogen and oxygen atoms in total. The number of rotatable bonds is 4. The van der Waals surface area contributed by atoms with E-state index in [0.717, 1.165) is 11.3 Å². The molecule has 0 saturated carbocycles. The van der Waals surface area contributed by atoms with E-state index in [-0.39, 0.29) is 36.6 Å². The van der Waals surface area contributed by atoms with Gasteiger partial charge >= 0.3 is 0 Å². The molecule has 0 bridgehead atoms. The summed E-state index contributed by atoms with van der Waals surface area (Å²) in [5.74, 6) is 1.68. The van der Waals surface area contributed by atoms with Crippen LogP contribution >= 0.6 is 0 Å². The molecule has 8 heterocycles. The number of hydrogen-bond acceptors (Lipinski definition) is 15. The van der Waals surface area contributed by atoms with Gasteiger partial charge in [0.05, 0.1) is 31.6 Å². The fourth-order valence-corrected chi connectivity index (χ4v) is 5.24. The first-order valence-corrected chi connectivity index (χ1v) is 17.1. The maximum Gasteiger partial charge on any atom is 0.280 e. The first kappa shape index (κ1) is 41.0. The van der Waals surface area contributed by atoms with Gasteiger partial charge in [-0.25, -0.2) is 44.9 Å². The summed E-state index contributed by atoms with van der Waals surface area (Å²) in [4.78, 5) is 68.3. The Morgan fingerprint density at radius 1 is 0.527 bits per heavy atom. The fraction of sp³-hybridized carbons (Fsp3) is 0.412. The van der Waals surface area contributed by atoms with Crippen LogP contribution in [0.4, 0.5) is 17.6 Å². The van der Waals surface area contributed by atoms with Crippen LogP contribution in [-0.4, -0.2) is 78.1 Å². The number of aryl methyl sites for hydroxylation is 1. The van der Waals surface area contributed by atoms with Gasteiger partial charge in [-0.1, -0.05) is 7.43 Å². The van der Waals surface area contributed by atoms with Crippen molar-refractivity contribution in [3.63, 3.8) is 0 Å². The monoisotopic (exact) mass is 755 g/mol. The van der Waals surface area contributed by atoms with E-state index in [4.69, 9.17) is 17.2 Å². The molecule has 0 atom stereocenters. The third-order valence-electron chi connectivity index (χ3n) is 7.99. The van der Waals surface area contributed by atoms with Crippen LogP contribution in [0.3, 0.4) is 0 Å². The van der Waals surface area contributed by atoms with Crippen molar-refractivity contribution >= 4 is 62.2 Å². The summed E-state index contributed by atoms with van der Waals surface area (Å²) in [5, 5.41) is 0. The topological polar surface area (TPSA) is 292 Å². The molecule has 21 heteroatoms. The minimum absolute atomic E-state index is 0. The number of aromatic amines is 2. The number of nitrogens with one attached hydrogen (secondary N) is 2. The molecule has 0 saturated heterocycles. The Hall–Kier alpha value is -6.80. The molecule has 0 aliphatic heterocycles. The van der Waals surface area contributed by atoms with Crippen molar-refractivity contribution in [1.29, 1.82) is 0 Å². The van der Waals surface area contributed by atoms with Crippen molar-refractivity contribution in [2.45, 2.75) is 93.9 Å². The molecule has 0 radical (unpaired) electrons. The Balaban J connectivity index is 0.000000162. The van der Waals surface area contributed by atoms with E-state index < -0.39 is 0 Å². The van der Waals surface area contributed by atoms with Crippen LogP contribution in [0.5, 0.6) is 0 Å². The van der Waals surface area contributed by atoms with Gasteiger partial charge in [0.15, 0.2) is 45.3 Å². The van der Waals surface area contributed by atoms with E-state index in [0.29, 0.717) is 62.9 Å². The first-order chi connectivity index (χ1) is 25.6. The molecule has 8 N–H and O–H groups in total. The molecule has 8 rings (SSSR count). The Morgan fingerprint density at radius 3 is 1.49 bits per heavy atom. The molecule has 0 fully saturated rings. The molecule has 0 amide bonds. The van der Waals surface area contributed by atoms with Crippen LogP contribution in [0.2, 0.25) is 0 Å². The normalized spacial score (nSPS) is 11.1. The molecule has 0 aromatic carbocycles. The molecular weight excluding hydrogens is 707 g/mol. The van der Waals surface area contributed by atoms with E-state index in [9.17, 15) is 9.59 Å². The highest BCUT2D eigenvalue weighted by Crippen LogP contribution is 2.20. The second-order valence-corrected chi connectivity index (χ2v) is 13.3. The van der Waals surface area contributed by atoms with Crippen LogP contribution in [0.25, 0.3) is 44.7 Å². The highest BCUT2D eigenvalue weighted by Gasteiger charge is 2.13. The van der Waals surface area contributed by atoms with Gasteiger partial charge in [-0.3, -0.25) is 14.6 Å². The molecule has 0 aliphatic rings. The van der Waals surface area contributed by atoms with Gasteiger partial charge in [0.1, 0.15) is 23.2 Å². The second-order valence-electron chi connectivity index (χ2n) is 13.3. The largest absolute Gasteiger partial charge is 0.382 e. The quantitative estimate of drug-likeness (QED) is 0.170. The van der Waals surface area contributed by atoms with Crippen LogP contribution in [0.15, 0.2) is 47.6 Å². The Labute approximate surface area is 315 Å². The molecule has 292 valence electrons. The Kier molecular flexibility index (Phi) is 12.6. The number of anilines is 3. The molecule has 55 heavy (non-hydrogen) atoms. The number of hydrogen-bond donors (Lipinski definition) is 5. The van der Waals surface area contributed by atoms with Crippen molar-refractivity contribution in [1.82, 2.24) is 78.1 Å². The lowest BCUT2D eigenvalue weighted by Crippen LogP contribution is -2.12. The number of nitrogens with zero attached hydrogens (tertiary/aromatic N) is 14. The number of aromatic nitrogens is 16. The zero-order chi connectivity index (χ0) is 39.4. The van der Waals surface area contributed by atoms with Gasteiger partial charge in [-0.05, 0) is 62.3 Å². The molecule has 0 spiro atoms. The lowest BCUT2D eigenvalue weighted by atomic mass is 10.4. The minimum atomic E-state index is -0.299. The smallest absolute Gasteiger partial charge is 0.280 e. The van der Waals surface area contributed by atoms with E-state index in [1.165, 1.54) is 12.7 Å². The van der Waals surface area contributed by atoms with Gasteiger partial charge in [0.25, 0.3) is 11.1 Å². The highest BCUT2D eigenvalue weighted by atomic mass is 16.1. The maximum atomic E-state index is 11.4. The number of fused-ring (bicyclic) bond motifs is 4. The third kappa shape index (κ3) is 8.71. The molecule has 8 aromatic heterocycles. The van der Waals surface area contributed by atoms with Crippen molar-refractivity contribution in [2.75, 3.05) is 17.2 Å². The SMILES string of the molecule is C.CC(C)n1cnc2c(=O)[nH]c(N)nc21.CC(C)n1cnc2c(=O)[nH]cnc21.CC(C)n1cnc2c(N)ncnc21.Cc1nc(N)c2ncn(C(C)C)c2n1. The Morgan fingerprint density at radius 2 is 0.964 bits per heavy atom. The average molecular weight is 756 g/mol. The van der Waals surface area contributed by atoms with Crippen molar-refractivity contribution in [3.8, 4) is 0 Å². The third-order valence-corrected chi connectivity index (χ3v) is 7.99. The predicted octanol–water partition coefficient (Wildman–Crippen LogP) is 3.91. The van der Waals surface area contributed by atoms with Crippen molar-refractivity contribution in [2.24, 2.45) is 0 Å². The van der Waals surface area contributed by atoms with Gasteiger partial charge in [-0.15, -0.1) is 0 Å². The van der Waals surface area contributed by atoms with E-state index in [2.05, 4.69) is 87.5 Å². The summed E-state index contributed by atoms with van der Waals surface area (Å²) < 4.78 is 7.62. The summed E-state index contributed by atoms with van der Waals surface area (Å²) in [6, 6.07) is 1.13. The zero-order valence-corrected chi connectivity index (χ0v) is 31.6. The van der Waals surface area contributed by atoms with Gasteiger partial charge in [-0.2, -0.15) is 4.98 Å². The van der Waals surface area contributed by atoms with E-state index >= 15 is 0 Å². The van der Waals surface area contributed by atoms with Crippen LogP contribution < -0.4 is 28.3 Å².